The van der Waals surface area contributed by atoms with Gasteiger partial charge in [0.05, 0.1) is 16.8 Å². The van der Waals surface area contributed by atoms with Crippen LogP contribution in [0.1, 0.15) is 37.4 Å². The Hall–Kier alpha value is -3.72. The second-order valence-corrected chi connectivity index (χ2v) is 8.45. The van der Waals surface area contributed by atoms with Gasteiger partial charge >= 0.3 is 6.18 Å². The molecule has 2 heterocycles. The SMILES string of the molecule is Cc1cccc(C(=O)N2CCN(Cc3ccc(C(F)(F)F)cc3)CC2)c1NC(=O)c1ccncc1. The fourth-order valence-corrected chi connectivity index (χ4v) is 4.04. The van der Waals surface area contributed by atoms with Crippen LogP contribution in [-0.2, 0) is 12.7 Å². The van der Waals surface area contributed by atoms with Crippen molar-refractivity contribution in [1.29, 1.82) is 0 Å². The molecule has 1 aliphatic heterocycles. The van der Waals surface area contributed by atoms with Crippen LogP contribution in [-0.4, -0.2) is 52.8 Å². The molecule has 182 valence electrons. The highest BCUT2D eigenvalue weighted by Crippen LogP contribution is 2.29. The van der Waals surface area contributed by atoms with Gasteiger partial charge in [0, 0.05) is 50.7 Å². The number of halogens is 3. The first-order valence-electron chi connectivity index (χ1n) is 11.2. The molecule has 3 aromatic rings. The van der Waals surface area contributed by atoms with E-state index in [-0.39, 0.29) is 11.8 Å². The molecule has 0 bridgehead atoms. The van der Waals surface area contributed by atoms with E-state index in [1.165, 1.54) is 24.5 Å². The number of hydrogen-bond acceptors (Lipinski definition) is 4. The number of rotatable bonds is 5. The number of aromatic nitrogens is 1. The van der Waals surface area contributed by atoms with E-state index in [0.717, 1.165) is 23.3 Å². The average molecular weight is 483 g/mol. The smallest absolute Gasteiger partial charge is 0.336 e. The molecule has 0 saturated carbocycles. The normalized spacial score (nSPS) is 14.6. The first-order chi connectivity index (χ1) is 16.7. The highest BCUT2D eigenvalue weighted by molar-refractivity contribution is 6.09. The average Bonchev–Trinajstić information content (AvgIpc) is 2.85. The number of alkyl halides is 3. The van der Waals surface area contributed by atoms with Crippen molar-refractivity contribution >= 4 is 17.5 Å². The predicted molar refractivity (Wildman–Crippen MR) is 126 cm³/mol. The molecule has 9 heteroatoms. The minimum absolute atomic E-state index is 0.173. The first-order valence-corrected chi connectivity index (χ1v) is 11.2. The molecule has 0 spiro atoms. The number of para-hydroxylation sites is 1. The fraction of sp³-hybridized carbons (Fsp3) is 0.269. The number of carbonyl (C=O) groups excluding carboxylic acids is 2. The molecule has 1 aliphatic rings. The van der Waals surface area contributed by atoms with Gasteiger partial charge in [0.25, 0.3) is 11.8 Å². The number of aryl methyl sites for hydroxylation is 1. The van der Waals surface area contributed by atoms with Gasteiger partial charge in [-0.1, -0.05) is 24.3 Å². The maximum Gasteiger partial charge on any atom is 0.416 e. The molecular weight excluding hydrogens is 457 g/mol. The molecule has 1 aromatic heterocycles. The van der Waals surface area contributed by atoms with Crippen LogP contribution in [0.3, 0.4) is 0 Å². The van der Waals surface area contributed by atoms with Crippen molar-refractivity contribution in [2.45, 2.75) is 19.6 Å². The molecule has 2 amide bonds. The van der Waals surface area contributed by atoms with Crippen LogP contribution in [0.4, 0.5) is 18.9 Å². The van der Waals surface area contributed by atoms with Crippen molar-refractivity contribution in [1.82, 2.24) is 14.8 Å². The van der Waals surface area contributed by atoms with Crippen molar-refractivity contribution in [2.75, 3.05) is 31.5 Å². The Labute approximate surface area is 201 Å². The lowest BCUT2D eigenvalue weighted by molar-refractivity contribution is -0.137. The van der Waals surface area contributed by atoms with Crippen molar-refractivity contribution in [3.05, 3.63) is 94.8 Å². The molecule has 0 atom stereocenters. The Kier molecular flexibility index (Phi) is 7.16. The van der Waals surface area contributed by atoms with Gasteiger partial charge < -0.3 is 10.2 Å². The van der Waals surface area contributed by atoms with Gasteiger partial charge in [-0.15, -0.1) is 0 Å². The molecular formula is C26H25F3N4O2. The maximum atomic E-state index is 13.3. The van der Waals surface area contributed by atoms with E-state index in [1.807, 2.05) is 13.0 Å². The van der Waals surface area contributed by atoms with Crippen LogP contribution in [0, 0.1) is 6.92 Å². The maximum absolute atomic E-state index is 13.3. The third-order valence-corrected chi connectivity index (χ3v) is 6.03. The lowest BCUT2D eigenvalue weighted by atomic mass is 10.1. The molecule has 4 rings (SSSR count). The second kappa shape index (κ2) is 10.3. The van der Waals surface area contributed by atoms with Crippen LogP contribution in [0.15, 0.2) is 67.0 Å². The number of benzene rings is 2. The van der Waals surface area contributed by atoms with Crippen molar-refractivity contribution in [3.63, 3.8) is 0 Å². The molecule has 1 saturated heterocycles. The highest BCUT2D eigenvalue weighted by Gasteiger charge is 2.30. The minimum atomic E-state index is -4.35. The summed E-state index contributed by atoms with van der Waals surface area (Å²) in [7, 11) is 0. The topological polar surface area (TPSA) is 65.5 Å². The van der Waals surface area contributed by atoms with Crippen molar-refractivity contribution in [3.8, 4) is 0 Å². The van der Waals surface area contributed by atoms with Crippen LogP contribution in [0.5, 0.6) is 0 Å². The van der Waals surface area contributed by atoms with Crippen LogP contribution < -0.4 is 5.32 Å². The molecule has 0 radical (unpaired) electrons. The van der Waals surface area contributed by atoms with E-state index >= 15 is 0 Å². The number of anilines is 1. The Balaban J connectivity index is 1.40. The lowest BCUT2D eigenvalue weighted by Gasteiger charge is -2.35. The molecule has 2 aromatic carbocycles. The number of hydrogen-bond donors (Lipinski definition) is 1. The number of piperazine rings is 1. The van der Waals surface area contributed by atoms with Gasteiger partial charge in [-0.25, -0.2) is 0 Å². The zero-order chi connectivity index (χ0) is 25.0. The van der Waals surface area contributed by atoms with Crippen LogP contribution >= 0.6 is 0 Å². The summed E-state index contributed by atoms with van der Waals surface area (Å²) in [6, 6.07) is 13.7. The summed E-state index contributed by atoms with van der Waals surface area (Å²) in [5, 5.41) is 2.87. The quantitative estimate of drug-likeness (QED) is 0.577. The summed E-state index contributed by atoms with van der Waals surface area (Å²) < 4.78 is 38.3. The fourth-order valence-electron chi connectivity index (χ4n) is 4.04. The molecule has 6 nitrogen and oxygen atoms in total. The number of pyridine rings is 1. The molecule has 0 unspecified atom stereocenters. The number of nitrogens with one attached hydrogen (secondary N) is 1. The second-order valence-electron chi connectivity index (χ2n) is 8.45. The van der Waals surface area contributed by atoms with E-state index in [1.54, 1.807) is 29.2 Å². The molecule has 35 heavy (non-hydrogen) atoms. The lowest BCUT2D eigenvalue weighted by Crippen LogP contribution is -2.48. The zero-order valence-electron chi connectivity index (χ0n) is 19.2. The summed E-state index contributed by atoms with van der Waals surface area (Å²) in [4.78, 5) is 33.8. The third-order valence-electron chi connectivity index (χ3n) is 6.03. The van der Waals surface area contributed by atoms with Crippen LogP contribution in [0.25, 0.3) is 0 Å². The Morgan fingerprint density at radius 3 is 2.23 bits per heavy atom. The van der Waals surface area contributed by atoms with E-state index in [2.05, 4.69) is 15.2 Å². The summed E-state index contributed by atoms with van der Waals surface area (Å²) in [5.41, 5.74) is 2.24. The minimum Gasteiger partial charge on any atom is -0.336 e. The summed E-state index contributed by atoms with van der Waals surface area (Å²) >= 11 is 0. The Bertz CT molecular complexity index is 1190. The van der Waals surface area contributed by atoms with E-state index in [0.29, 0.717) is 49.5 Å². The first kappa shape index (κ1) is 24.4. The third kappa shape index (κ3) is 5.86. The Morgan fingerprint density at radius 2 is 1.60 bits per heavy atom. The molecule has 1 fully saturated rings. The van der Waals surface area contributed by atoms with Gasteiger partial charge in [0.1, 0.15) is 0 Å². The van der Waals surface area contributed by atoms with Gasteiger partial charge in [-0.05, 0) is 48.4 Å². The summed E-state index contributed by atoms with van der Waals surface area (Å²) in [6.07, 6.45) is -1.29. The van der Waals surface area contributed by atoms with Crippen molar-refractivity contribution < 1.29 is 22.8 Å². The van der Waals surface area contributed by atoms with Gasteiger partial charge in [-0.3, -0.25) is 19.5 Å². The van der Waals surface area contributed by atoms with Crippen LogP contribution in [0.2, 0.25) is 0 Å². The molecule has 1 N–H and O–H groups in total. The standard InChI is InChI=1S/C26H25F3N4O2/c1-18-3-2-4-22(23(18)31-24(34)20-9-11-30-12-10-20)25(35)33-15-13-32(14-16-33)17-19-5-7-21(8-6-19)26(27,28)29/h2-12H,13-17H2,1H3,(H,31,34). The number of amides is 2. The largest absolute Gasteiger partial charge is 0.416 e. The van der Waals surface area contributed by atoms with E-state index in [4.69, 9.17) is 0 Å². The number of nitrogens with zero attached hydrogens (tertiary/aromatic N) is 3. The summed E-state index contributed by atoms with van der Waals surface area (Å²) in [5.74, 6) is -0.495. The van der Waals surface area contributed by atoms with Gasteiger partial charge in [-0.2, -0.15) is 13.2 Å². The predicted octanol–water partition coefficient (Wildman–Crippen LogP) is 4.62. The monoisotopic (exact) mass is 482 g/mol. The number of carbonyl (C=O) groups is 2. The highest BCUT2D eigenvalue weighted by atomic mass is 19.4. The Morgan fingerprint density at radius 1 is 0.943 bits per heavy atom. The van der Waals surface area contributed by atoms with E-state index < -0.39 is 11.7 Å². The van der Waals surface area contributed by atoms with Crippen molar-refractivity contribution in [2.24, 2.45) is 0 Å². The van der Waals surface area contributed by atoms with Gasteiger partial charge in [0.2, 0.25) is 0 Å². The van der Waals surface area contributed by atoms with Gasteiger partial charge in [0.15, 0.2) is 0 Å². The zero-order valence-corrected chi connectivity index (χ0v) is 19.2. The van der Waals surface area contributed by atoms with E-state index in [9.17, 15) is 22.8 Å². The summed E-state index contributed by atoms with van der Waals surface area (Å²) in [6.45, 7) is 4.49. The molecule has 0 aliphatic carbocycles.